The molecule has 2 N–H and O–H groups in total. The van der Waals surface area contributed by atoms with E-state index in [1.165, 1.54) is 0 Å². The molecule has 2 aliphatic heterocycles. The molecule has 0 radical (unpaired) electrons. The Balaban J connectivity index is 1.41. The number of fused-ring (bicyclic) bond motifs is 1. The Bertz CT molecular complexity index is 733. The van der Waals surface area contributed by atoms with Crippen LogP contribution in [0, 0.1) is 11.8 Å². The lowest BCUT2D eigenvalue weighted by molar-refractivity contribution is -0.148. The van der Waals surface area contributed by atoms with Gasteiger partial charge in [0.2, 0.25) is 11.8 Å². The van der Waals surface area contributed by atoms with Gasteiger partial charge >= 0.3 is 5.97 Å². The molecule has 2 unspecified atom stereocenters. The normalized spacial score (nSPS) is 22.0. The molecule has 0 aliphatic carbocycles. The smallest absolute Gasteiger partial charge is 0.306 e. The summed E-state index contributed by atoms with van der Waals surface area (Å²) in [4.78, 5) is 36.6. The number of amides is 2. The van der Waals surface area contributed by atoms with Crippen LogP contribution in [0.5, 0.6) is 5.75 Å². The summed E-state index contributed by atoms with van der Waals surface area (Å²) >= 11 is 0. The van der Waals surface area contributed by atoms with Crippen LogP contribution in [0.1, 0.15) is 38.2 Å². The van der Waals surface area contributed by atoms with Crippen molar-refractivity contribution >= 4 is 23.5 Å². The Labute approximate surface area is 158 Å². The number of hydrogen-bond acceptors (Lipinski definition) is 4. The molecule has 0 saturated carbocycles. The van der Waals surface area contributed by atoms with Crippen molar-refractivity contribution in [1.29, 1.82) is 0 Å². The number of ether oxygens (including phenoxy) is 1. The molecule has 1 fully saturated rings. The van der Waals surface area contributed by atoms with Gasteiger partial charge in [-0.25, -0.2) is 0 Å². The van der Waals surface area contributed by atoms with Crippen LogP contribution in [0.2, 0.25) is 0 Å². The number of anilines is 1. The lowest BCUT2D eigenvalue weighted by atomic mass is 9.87. The van der Waals surface area contributed by atoms with Crippen LogP contribution in [0.3, 0.4) is 0 Å². The molecule has 2 amide bonds. The highest BCUT2D eigenvalue weighted by atomic mass is 16.5. The van der Waals surface area contributed by atoms with E-state index in [1.807, 2.05) is 25.1 Å². The number of likely N-dealkylation sites (tertiary alicyclic amines) is 1. The Kier molecular flexibility index (Phi) is 5.98. The number of aryl methyl sites for hydroxylation is 1. The number of aliphatic carboxylic acids is 1. The molecule has 2 heterocycles. The molecule has 146 valence electrons. The van der Waals surface area contributed by atoms with Crippen LogP contribution in [0.25, 0.3) is 0 Å². The quantitative estimate of drug-likeness (QED) is 0.745. The summed E-state index contributed by atoms with van der Waals surface area (Å²) in [5.41, 5.74) is 1.91. The van der Waals surface area contributed by atoms with Gasteiger partial charge in [-0.05, 0) is 48.9 Å². The van der Waals surface area contributed by atoms with Gasteiger partial charge in [0.25, 0.3) is 0 Å². The minimum absolute atomic E-state index is 0.0209. The van der Waals surface area contributed by atoms with Gasteiger partial charge in [-0.2, -0.15) is 0 Å². The molecule has 0 bridgehead atoms. The van der Waals surface area contributed by atoms with Gasteiger partial charge in [-0.3, -0.25) is 14.4 Å². The SMILES string of the molecule is CC1CN(C(=O)CCCOc2ccc3c(c2)CCC(=O)N3)CCC1C(=O)O. The fraction of sp³-hybridized carbons (Fsp3) is 0.550. The van der Waals surface area contributed by atoms with Gasteiger partial charge in [0.05, 0.1) is 12.5 Å². The average molecular weight is 374 g/mol. The second kappa shape index (κ2) is 8.41. The first-order valence-corrected chi connectivity index (χ1v) is 9.50. The monoisotopic (exact) mass is 374 g/mol. The molecule has 0 aromatic heterocycles. The summed E-state index contributed by atoms with van der Waals surface area (Å²) in [5.74, 6) is -0.307. The predicted octanol–water partition coefficient (Wildman–Crippen LogP) is 2.30. The summed E-state index contributed by atoms with van der Waals surface area (Å²) in [7, 11) is 0. The van der Waals surface area contributed by atoms with Crippen LogP contribution < -0.4 is 10.1 Å². The summed E-state index contributed by atoms with van der Waals surface area (Å²) in [5, 5.41) is 12.0. The molecule has 7 nitrogen and oxygen atoms in total. The first kappa shape index (κ1) is 19.2. The highest BCUT2D eigenvalue weighted by Crippen LogP contribution is 2.27. The van der Waals surface area contributed by atoms with Crippen LogP contribution >= 0.6 is 0 Å². The van der Waals surface area contributed by atoms with E-state index in [0.29, 0.717) is 51.8 Å². The number of benzene rings is 1. The second-order valence-corrected chi connectivity index (χ2v) is 7.37. The van der Waals surface area contributed by atoms with E-state index in [0.717, 1.165) is 17.0 Å². The van der Waals surface area contributed by atoms with Crippen molar-refractivity contribution < 1.29 is 24.2 Å². The van der Waals surface area contributed by atoms with Crippen molar-refractivity contribution in [2.45, 2.75) is 39.0 Å². The van der Waals surface area contributed by atoms with Crippen molar-refractivity contribution in [1.82, 2.24) is 4.90 Å². The molecule has 27 heavy (non-hydrogen) atoms. The Hall–Kier alpha value is -2.57. The zero-order chi connectivity index (χ0) is 19.4. The number of nitrogens with one attached hydrogen (secondary N) is 1. The van der Waals surface area contributed by atoms with E-state index in [1.54, 1.807) is 4.90 Å². The van der Waals surface area contributed by atoms with Gasteiger partial charge in [0.15, 0.2) is 0 Å². The molecule has 1 saturated heterocycles. The minimum atomic E-state index is -0.771. The van der Waals surface area contributed by atoms with Crippen LogP contribution in [0.4, 0.5) is 5.69 Å². The Morgan fingerprint density at radius 2 is 2.15 bits per heavy atom. The van der Waals surface area contributed by atoms with Crippen molar-refractivity contribution in [3.8, 4) is 5.75 Å². The van der Waals surface area contributed by atoms with E-state index < -0.39 is 5.97 Å². The molecular weight excluding hydrogens is 348 g/mol. The summed E-state index contributed by atoms with van der Waals surface area (Å²) < 4.78 is 5.75. The van der Waals surface area contributed by atoms with E-state index in [9.17, 15) is 14.4 Å². The van der Waals surface area contributed by atoms with E-state index in [-0.39, 0.29) is 23.7 Å². The van der Waals surface area contributed by atoms with Gasteiger partial charge in [-0.15, -0.1) is 0 Å². The number of carboxylic acids is 1. The Morgan fingerprint density at radius 1 is 1.33 bits per heavy atom. The number of rotatable bonds is 6. The van der Waals surface area contributed by atoms with Crippen molar-refractivity contribution in [2.24, 2.45) is 11.8 Å². The number of carbonyl (C=O) groups is 3. The lowest BCUT2D eigenvalue weighted by Crippen LogP contribution is -2.45. The van der Waals surface area contributed by atoms with Crippen LogP contribution in [-0.2, 0) is 20.8 Å². The average Bonchev–Trinajstić information content (AvgIpc) is 2.64. The molecule has 0 spiro atoms. The zero-order valence-corrected chi connectivity index (χ0v) is 15.6. The largest absolute Gasteiger partial charge is 0.494 e. The van der Waals surface area contributed by atoms with E-state index >= 15 is 0 Å². The van der Waals surface area contributed by atoms with Crippen LogP contribution in [-0.4, -0.2) is 47.5 Å². The maximum Gasteiger partial charge on any atom is 0.306 e. The number of hydrogen-bond donors (Lipinski definition) is 2. The number of carboxylic acid groups (broad SMARTS) is 1. The number of carbonyl (C=O) groups excluding carboxylic acids is 2. The topological polar surface area (TPSA) is 95.9 Å². The maximum absolute atomic E-state index is 12.3. The number of piperidine rings is 1. The first-order valence-electron chi connectivity index (χ1n) is 9.50. The second-order valence-electron chi connectivity index (χ2n) is 7.37. The molecule has 2 atom stereocenters. The van der Waals surface area contributed by atoms with Gasteiger partial charge in [0.1, 0.15) is 5.75 Å². The fourth-order valence-corrected chi connectivity index (χ4v) is 3.76. The predicted molar refractivity (Wildman–Crippen MR) is 99.6 cm³/mol. The highest BCUT2D eigenvalue weighted by Gasteiger charge is 2.32. The Morgan fingerprint density at radius 3 is 2.89 bits per heavy atom. The van der Waals surface area contributed by atoms with Crippen LogP contribution in [0.15, 0.2) is 18.2 Å². The third kappa shape index (κ3) is 4.78. The third-order valence-corrected chi connectivity index (χ3v) is 5.35. The molecule has 1 aromatic rings. The highest BCUT2D eigenvalue weighted by molar-refractivity contribution is 5.94. The number of nitrogens with zero attached hydrogens (tertiary/aromatic N) is 1. The summed E-state index contributed by atoms with van der Waals surface area (Å²) in [6.07, 6.45) is 2.72. The summed E-state index contributed by atoms with van der Waals surface area (Å²) in [6.45, 7) is 3.35. The molecule has 3 rings (SSSR count). The zero-order valence-electron chi connectivity index (χ0n) is 15.6. The molecule has 2 aliphatic rings. The van der Waals surface area contributed by atoms with Gasteiger partial charge in [-0.1, -0.05) is 6.92 Å². The van der Waals surface area contributed by atoms with Crippen molar-refractivity contribution in [3.05, 3.63) is 23.8 Å². The maximum atomic E-state index is 12.3. The van der Waals surface area contributed by atoms with E-state index in [4.69, 9.17) is 9.84 Å². The minimum Gasteiger partial charge on any atom is -0.494 e. The van der Waals surface area contributed by atoms with Crippen molar-refractivity contribution in [2.75, 3.05) is 25.0 Å². The standard InChI is InChI=1S/C20H26N2O5/c1-13-12-22(9-8-16(13)20(25)26)19(24)3-2-10-27-15-5-6-17-14(11-15)4-7-18(23)21-17/h5-6,11,13,16H,2-4,7-10,12H2,1H3,(H,21,23)(H,25,26). The van der Waals surface area contributed by atoms with Gasteiger partial charge in [0, 0.05) is 31.6 Å². The fourth-order valence-electron chi connectivity index (χ4n) is 3.76. The summed E-state index contributed by atoms with van der Waals surface area (Å²) in [6, 6.07) is 5.61. The lowest BCUT2D eigenvalue weighted by Gasteiger charge is -2.35. The molecular formula is C20H26N2O5. The molecule has 1 aromatic carbocycles. The van der Waals surface area contributed by atoms with Gasteiger partial charge < -0.3 is 20.1 Å². The first-order chi connectivity index (χ1) is 12.9. The third-order valence-electron chi connectivity index (χ3n) is 5.35. The van der Waals surface area contributed by atoms with Crippen molar-refractivity contribution in [3.63, 3.8) is 0 Å². The van der Waals surface area contributed by atoms with E-state index in [2.05, 4.69) is 5.32 Å². The molecule has 7 heteroatoms.